The van der Waals surface area contributed by atoms with E-state index in [1.165, 1.54) is 12.1 Å². The second-order valence-corrected chi connectivity index (χ2v) is 5.06. The quantitative estimate of drug-likeness (QED) is 0.562. The molecular formula is C18H12FN3. The number of hydrazone groups is 1. The van der Waals surface area contributed by atoms with Crippen molar-refractivity contribution in [3.8, 4) is 0 Å². The summed E-state index contributed by atoms with van der Waals surface area (Å²) in [7, 11) is 0. The van der Waals surface area contributed by atoms with Gasteiger partial charge in [-0.2, -0.15) is 5.10 Å². The van der Waals surface area contributed by atoms with E-state index in [9.17, 15) is 4.39 Å². The molecule has 3 aromatic carbocycles. The van der Waals surface area contributed by atoms with Crippen LogP contribution in [0.3, 0.4) is 0 Å². The average Bonchev–Trinajstić information content (AvgIpc) is 2.90. The van der Waals surface area contributed by atoms with E-state index in [2.05, 4.69) is 27.7 Å². The van der Waals surface area contributed by atoms with Gasteiger partial charge in [0.05, 0.1) is 11.9 Å². The first-order valence-electron chi connectivity index (χ1n) is 6.97. The first-order valence-corrected chi connectivity index (χ1v) is 6.97. The van der Waals surface area contributed by atoms with Crippen molar-refractivity contribution in [2.24, 2.45) is 10.1 Å². The van der Waals surface area contributed by atoms with Crippen LogP contribution in [0.1, 0.15) is 11.1 Å². The van der Waals surface area contributed by atoms with Crippen LogP contribution < -0.4 is 5.43 Å². The van der Waals surface area contributed by atoms with Gasteiger partial charge in [-0.3, -0.25) is 5.43 Å². The van der Waals surface area contributed by atoms with Gasteiger partial charge in [-0.05, 0) is 29.1 Å². The predicted octanol–water partition coefficient (Wildman–Crippen LogP) is 3.99. The predicted molar refractivity (Wildman–Crippen MR) is 87.3 cm³/mol. The molecule has 0 aliphatic carbocycles. The molecule has 3 aromatic rings. The summed E-state index contributed by atoms with van der Waals surface area (Å²) in [5, 5.41) is 6.50. The Hall–Kier alpha value is -3.01. The second kappa shape index (κ2) is 5.07. The van der Waals surface area contributed by atoms with Crippen molar-refractivity contribution < 1.29 is 4.39 Å². The molecular weight excluding hydrogens is 277 g/mol. The minimum atomic E-state index is -0.257. The second-order valence-electron chi connectivity index (χ2n) is 5.06. The number of nitrogens with one attached hydrogen (secondary N) is 1. The van der Waals surface area contributed by atoms with Gasteiger partial charge < -0.3 is 0 Å². The van der Waals surface area contributed by atoms with E-state index in [1.807, 2.05) is 24.3 Å². The summed E-state index contributed by atoms with van der Waals surface area (Å²) in [6.45, 7) is 0. The number of hydrogen-bond acceptors (Lipinski definition) is 3. The molecule has 0 amide bonds. The zero-order valence-corrected chi connectivity index (χ0v) is 11.6. The third kappa shape index (κ3) is 2.15. The smallest absolute Gasteiger partial charge is 0.154 e. The third-order valence-corrected chi connectivity index (χ3v) is 3.62. The fourth-order valence-corrected chi connectivity index (χ4v) is 2.59. The van der Waals surface area contributed by atoms with Gasteiger partial charge in [-0.25, -0.2) is 9.38 Å². The number of rotatable bonds is 2. The van der Waals surface area contributed by atoms with Crippen LogP contribution in [0.5, 0.6) is 0 Å². The zero-order chi connectivity index (χ0) is 14.9. The normalized spacial score (nSPS) is 12.9. The van der Waals surface area contributed by atoms with Gasteiger partial charge in [0, 0.05) is 10.9 Å². The fraction of sp³-hybridized carbons (Fsp3) is 0. The molecule has 4 heteroatoms. The summed E-state index contributed by atoms with van der Waals surface area (Å²) in [6.07, 6.45) is 1.64. The number of aliphatic imine (C=N–C) groups is 1. The lowest BCUT2D eigenvalue weighted by atomic mass is 10.0. The molecule has 0 saturated heterocycles. The van der Waals surface area contributed by atoms with Gasteiger partial charge in [0.25, 0.3) is 0 Å². The molecule has 3 nitrogen and oxygen atoms in total. The summed E-state index contributed by atoms with van der Waals surface area (Å²) < 4.78 is 12.9. The highest BCUT2D eigenvalue weighted by atomic mass is 19.1. The van der Waals surface area contributed by atoms with Crippen LogP contribution in [0.25, 0.3) is 10.8 Å². The number of nitrogens with zero attached hydrogens (tertiary/aromatic N) is 2. The van der Waals surface area contributed by atoms with E-state index in [0.29, 0.717) is 0 Å². The largest absolute Gasteiger partial charge is 0.261 e. The molecule has 0 fully saturated rings. The molecule has 0 atom stereocenters. The zero-order valence-electron chi connectivity index (χ0n) is 11.6. The van der Waals surface area contributed by atoms with E-state index < -0.39 is 0 Å². The highest BCUT2D eigenvalue weighted by Crippen LogP contribution is 2.34. The number of amidine groups is 1. The average molecular weight is 289 g/mol. The molecule has 106 valence electrons. The highest BCUT2D eigenvalue weighted by Gasteiger charge is 2.17. The molecule has 0 radical (unpaired) electrons. The minimum Gasteiger partial charge on any atom is -0.261 e. The van der Waals surface area contributed by atoms with Crippen LogP contribution >= 0.6 is 0 Å². The lowest BCUT2D eigenvalue weighted by Gasteiger charge is -2.02. The Labute approximate surface area is 126 Å². The Kier molecular flexibility index (Phi) is 2.93. The Morgan fingerprint density at radius 1 is 0.955 bits per heavy atom. The molecule has 1 aliphatic heterocycles. The molecule has 0 aromatic heterocycles. The molecule has 0 unspecified atom stereocenters. The van der Waals surface area contributed by atoms with Gasteiger partial charge in [-0.15, -0.1) is 0 Å². The first kappa shape index (κ1) is 12.7. The third-order valence-electron chi connectivity index (χ3n) is 3.62. The Balaban J connectivity index is 1.61. The maximum absolute atomic E-state index is 12.9. The van der Waals surface area contributed by atoms with Crippen molar-refractivity contribution in [2.45, 2.75) is 0 Å². The number of hydrogen-bond donors (Lipinski definition) is 1. The maximum Gasteiger partial charge on any atom is 0.154 e. The lowest BCUT2D eigenvalue weighted by Crippen LogP contribution is -2.17. The van der Waals surface area contributed by atoms with Crippen LogP contribution in [0.15, 0.2) is 70.8 Å². The maximum atomic E-state index is 12.9. The summed E-state index contributed by atoms with van der Waals surface area (Å²) in [5.41, 5.74) is 5.80. The summed E-state index contributed by atoms with van der Waals surface area (Å²) >= 11 is 0. The summed E-state index contributed by atoms with van der Waals surface area (Å²) in [5.74, 6) is 0.470. The van der Waals surface area contributed by atoms with Crippen molar-refractivity contribution in [3.63, 3.8) is 0 Å². The van der Waals surface area contributed by atoms with E-state index >= 15 is 0 Å². The van der Waals surface area contributed by atoms with Crippen LogP contribution in [-0.4, -0.2) is 12.1 Å². The van der Waals surface area contributed by atoms with Crippen LogP contribution in [0, 0.1) is 5.82 Å². The molecule has 1 heterocycles. The first-order chi connectivity index (χ1) is 10.8. The molecule has 0 bridgehead atoms. The van der Waals surface area contributed by atoms with Crippen molar-refractivity contribution in [3.05, 3.63) is 77.6 Å². The van der Waals surface area contributed by atoms with Gasteiger partial charge in [0.15, 0.2) is 5.84 Å². The molecule has 22 heavy (non-hydrogen) atoms. The van der Waals surface area contributed by atoms with Crippen molar-refractivity contribution in [1.82, 2.24) is 5.43 Å². The van der Waals surface area contributed by atoms with Crippen LogP contribution in [0.4, 0.5) is 10.1 Å². The molecule has 1 aliphatic rings. The Morgan fingerprint density at radius 2 is 1.73 bits per heavy atom. The molecule has 4 rings (SSSR count). The minimum absolute atomic E-state index is 0.257. The van der Waals surface area contributed by atoms with Crippen LogP contribution in [-0.2, 0) is 0 Å². The lowest BCUT2D eigenvalue weighted by molar-refractivity contribution is 0.628. The summed E-state index contributed by atoms with van der Waals surface area (Å²) in [4.78, 5) is 4.57. The van der Waals surface area contributed by atoms with Gasteiger partial charge >= 0.3 is 0 Å². The highest BCUT2D eigenvalue weighted by molar-refractivity contribution is 6.18. The topological polar surface area (TPSA) is 36.8 Å². The van der Waals surface area contributed by atoms with E-state index in [0.717, 1.165) is 33.4 Å². The van der Waals surface area contributed by atoms with E-state index in [1.54, 1.807) is 18.3 Å². The van der Waals surface area contributed by atoms with Crippen molar-refractivity contribution >= 4 is 28.5 Å². The van der Waals surface area contributed by atoms with Gasteiger partial charge in [0.2, 0.25) is 0 Å². The fourth-order valence-electron chi connectivity index (χ4n) is 2.59. The van der Waals surface area contributed by atoms with E-state index in [-0.39, 0.29) is 5.82 Å². The van der Waals surface area contributed by atoms with Crippen molar-refractivity contribution in [1.29, 1.82) is 0 Å². The molecule has 1 N–H and O–H groups in total. The van der Waals surface area contributed by atoms with Gasteiger partial charge in [0.1, 0.15) is 5.82 Å². The standard InChI is InChI=1S/C18H12FN3/c19-14-9-7-12(8-10-14)11-20-22-18-15-5-1-3-13-4-2-6-16(21-18)17(13)15/h1-11H,(H,21,22). The number of benzene rings is 3. The van der Waals surface area contributed by atoms with E-state index in [4.69, 9.17) is 0 Å². The number of halogens is 1. The Morgan fingerprint density at radius 3 is 2.55 bits per heavy atom. The SMILES string of the molecule is Fc1ccc(C=NNC2=Nc3cccc4cccc2c34)cc1. The molecule has 0 spiro atoms. The Bertz CT molecular complexity index is 906. The summed E-state index contributed by atoms with van der Waals surface area (Å²) in [6, 6.07) is 18.3. The monoisotopic (exact) mass is 289 g/mol. The molecule has 0 saturated carbocycles. The van der Waals surface area contributed by atoms with Crippen molar-refractivity contribution in [2.75, 3.05) is 0 Å². The van der Waals surface area contributed by atoms with Crippen LogP contribution in [0.2, 0.25) is 0 Å². The van der Waals surface area contributed by atoms with Gasteiger partial charge in [-0.1, -0.05) is 42.5 Å².